The topological polar surface area (TPSA) is 77.0 Å². The van der Waals surface area contributed by atoms with E-state index in [1.807, 2.05) is 6.92 Å². The Morgan fingerprint density at radius 1 is 1.44 bits per heavy atom. The van der Waals surface area contributed by atoms with Gasteiger partial charge in [-0.1, -0.05) is 11.7 Å². The minimum absolute atomic E-state index is 0.00849. The molecule has 6 nitrogen and oxygen atoms in total. The third kappa shape index (κ3) is 11.0. The van der Waals surface area contributed by atoms with Gasteiger partial charge in [0.25, 0.3) is 0 Å². The number of carboxylic acids is 1. The molecule has 0 saturated carbocycles. The van der Waals surface area contributed by atoms with Crippen LogP contribution in [0.1, 0.15) is 19.8 Å². The minimum atomic E-state index is -1.38. The molecule has 1 unspecified atom stereocenters. The molecule has 0 spiro atoms. The molecule has 1 fully saturated rings. The van der Waals surface area contributed by atoms with E-state index in [0.717, 1.165) is 6.61 Å². The molecule has 1 rings (SSSR count). The average Bonchev–Trinajstić information content (AvgIpc) is 2.41. The lowest BCUT2D eigenvalue weighted by molar-refractivity contribution is -0.333. The van der Waals surface area contributed by atoms with Crippen molar-refractivity contribution < 1.29 is 27.9 Å². The van der Waals surface area contributed by atoms with E-state index in [1.54, 1.807) is 0 Å². The zero-order valence-electron chi connectivity index (χ0n) is 11.2. The van der Waals surface area contributed by atoms with Crippen molar-refractivity contribution in [1.29, 1.82) is 0 Å². The van der Waals surface area contributed by atoms with Crippen molar-refractivity contribution in [2.24, 2.45) is 0 Å². The molecule has 1 atom stereocenters. The quantitative estimate of drug-likeness (QED) is 0.349. The van der Waals surface area contributed by atoms with Crippen molar-refractivity contribution in [2.45, 2.75) is 31.3 Å². The number of aliphatic carboxylic acids is 1. The second-order valence-corrected chi connectivity index (χ2v) is 5.15. The Morgan fingerprint density at radius 2 is 2.22 bits per heavy atom. The molecule has 0 radical (unpaired) electrons. The summed E-state index contributed by atoms with van der Waals surface area (Å²) >= 11 is 0.00849. The summed E-state index contributed by atoms with van der Waals surface area (Å²) < 4.78 is 19.3. The molecular formula is C11H22AlO6-. The molecule has 106 valence electrons. The molecule has 1 aliphatic heterocycles. The number of carboxylic acid groups (broad SMARTS) is 1. The number of ether oxygens (including phenoxy) is 3. The number of hydrogen-bond acceptors (Lipinski definition) is 6. The second kappa shape index (κ2) is 13.3. The van der Waals surface area contributed by atoms with Crippen molar-refractivity contribution in [3.8, 4) is 0 Å². The molecule has 0 aliphatic carbocycles. The van der Waals surface area contributed by atoms with E-state index in [9.17, 15) is 9.90 Å². The van der Waals surface area contributed by atoms with Gasteiger partial charge in [-0.25, -0.2) is 0 Å². The van der Waals surface area contributed by atoms with Crippen LogP contribution in [0.4, 0.5) is 0 Å². The summed E-state index contributed by atoms with van der Waals surface area (Å²) in [5.74, 6) is -1.38. The van der Waals surface area contributed by atoms with Gasteiger partial charge in [0.1, 0.15) is 0 Å². The van der Waals surface area contributed by atoms with Crippen molar-refractivity contribution in [2.75, 3.05) is 33.5 Å². The fraction of sp³-hybridized carbons (Fsp3) is 0.909. The van der Waals surface area contributed by atoms with E-state index >= 15 is 0 Å². The van der Waals surface area contributed by atoms with Gasteiger partial charge in [0.2, 0.25) is 0 Å². The molecule has 0 N–H and O–H groups in total. The maximum Gasteiger partial charge on any atom is 0.435 e. The number of methoxy groups -OCH3 is 1. The smallest absolute Gasteiger partial charge is 0.435 e. The molecule has 1 saturated heterocycles. The van der Waals surface area contributed by atoms with Crippen LogP contribution < -0.4 is 5.11 Å². The monoisotopic (exact) mass is 277 g/mol. The highest BCUT2D eigenvalue weighted by molar-refractivity contribution is 6.27. The Bertz CT molecular complexity index is 186. The van der Waals surface area contributed by atoms with Crippen molar-refractivity contribution in [3.63, 3.8) is 0 Å². The Balaban J connectivity index is 0.000000397. The van der Waals surface area contributed by atoms with Crippen LogP contribution in [0.25, 0.3) is 0 Å². The summed E-state index contributed by atoms with van der Waals surface area (Å²) in [4.78, 5) is 10.2. The van der Waals surface area contributed by atoms with Crippen LogP contribution in [0.15, 0.2) is 0 Å². The number of rotatable bonds is 7. The summed E-state index contributed by atoms with van der Waals surface area (Å²) in [7, 11) is 1.24. The predicted molar refractivity (Wildman–Crippen MR) is 65.4 cm³/mol. The zero-order chi connectivity index (χ0) is 13.6. The van der Waals surface area contributed by atoms with Gasteiger partial charge in [0, 0.05) is 20.3 Å². The van der Waals surface area contributed by atoms with Gasteiger partial charge in [0.15, 0.2) is 6.29 Å². The van der Waals surface area contributed by atoms with Crippen molar-refractivity contribution in [3.05, 3.63) is 0 Å². The van der Waals surface area contributed by atoms with Gasteiger partial charge in [-0.05, 0) is 13.3 Å². The van der Waals surface area contributed by atoms with Crippen LogP contribution in [0, 0.1) is 0 Å². The highest BCUT2D eigenvalue weighted by atomic mass is 27.1. The molecule has 1 aliphatic rings. The van der Waals surface area contributed by atoms with Gasteiger partial charge in [-0.2, -0.15) is 0 Å². The van der Waals surface area contributed by atoms with Crippen LogP contribution in [0.3, 0.4) is 0 Å². The largest absolute Gasteiger partial charge is 0.545 e. The van der Waals surface area contributed by atoms with E-state index < -0.39 is 12.3 Å². The SMILES string of the molecule is C1C[CH2][AlH][O]C1.CCOCCOC(OC)C(=O)[O-]. The number of carbonyl (C=O) groups excluding carboxylic acids is 1. The Hall–Kier alpha value is -0.158. The lowest BCUT2D eigenvalue weighted by Crippen LogP contribution is -2.39. The molecule has 18 heavy (non-hydrogen) atoms. The summed E-state index contributed by atoms with van der Waals surface area (Å²) in [6.07, 6.45) is 1.45. The van der Waals surface area contributed by atoms with Crippen LogP contribution in [0.2, 0.25) is 5.28 Å². The van der Waals surface area contributed by atoms with Crippen LogP contribution in [0.5, 0.6) is 0 Å². The minimum Gasteiger partial charge on any atom is -0.545 e. The van der Waals surface area contributed by atoms with Gasteiger partial charge in [0.05, 0.1) is 19.2 Å². The lowest BCUT2D eigenvalue weighted by Gasteiger charge is -2.16. The Morgan fingerprint density at radius 3 is 2.56 bits per heavy atom. The third-order valence-corrected chi connectivity index (χ3v) is 3.55. The maximum atomic E-state index is 10.2. The van der Waals surface area contributed by atoms with Crippen LogP contribution in [-0.2, 0) is 22.8 Å². The first-order valence-corrected chi connectivity index (χ1v) is 7.80. The standard InChI is InChI=1S/C7H14O5.C4H8O.Al.H/c1-3-11-4-5-12-7(10-2)6(8)9;1-2-3-4-5;;/h7H,3-5H2,1-2H3,(H,8,9);1-4H2;;/q;-1;+1;/p-1. The summed E-state index contributed by atoms with van der Waals surface area (Å²) in [5, 5.41) is 11.6. The predicted octanol–water partition coefficient (Wildman–Crippen LogP) is -0.671. The number of hydrogen-bond donors (Lipinski definition) is 0. The van der Waals surface area contributed by atoms with E-state index in [4.69, 9.17) is 13.3 Å². The molecule has 1 heterocycles. The normalized spacial score (nSPS) is 16.1. The maximum absolute atomic E-state index is 10.2. The van der Waals surface area contributed by atoms with Crippen molar-refractivity contribution >= 4 is 21.5 Å². The zero-order valence-corrected chi connectivity index (χ0v) is 12.6. The molecule has 0 aromatic heterocycles. The Kier molecular flexibility index (Phi) is 13.2. The molecule has 0 aromatic carbocycles. The average molecular weight is 277 g/mol. The highest BCUT2D eigenvalue weighted by Gasteiger charge is 2.06. The van der Waals surface area contributed by atoms with Gasteiger partial charge in [-0.3, -0.25) is 0 Å². The van der Waals surface area contributed by atoms with Crippen LogP contribution in [-0.4, -0.2) is 61.3 Å². The number of carbonyl (C=O) groups is 1. The first kappa shape index (κ1) is 17.8. The third-order valence-electron chi connectivity index (χ3n) is 2.18. The first-order valence-electron chi connectivity index (χ1n) is 6.23. The molecular weight excluding hydrogens is 255 g/mol. The molecule has 0 aromatic rings. The van der Waals surface area contributed by atoms with E-state index in [-0.39, 0.29) is 22.2 Å². The van der Waals surface area contributed by atoms with E-state index in [1.165, 1.54) is 25.2 Å². The van der Waals surface area contributed by atoms with Gasteiger partial charge < -0.3 is 27.9 Å². The van der Waals surface area contributed by atoms with E-state index in [0.29, 0.717) is 13.2 Å². The summed E-state index contributed by atoms with van der Waals surface area (Å²) in [6.45, 7) is 4.01. The van der Waals surface area contributed by atoms with E-state index in [2.05, 4.69) is 4.74 Å². The van der Waals surface area contributed by atoms with Gasteiger partial charge >= 0.3 is 15.6 Å². The molecule has 0 bridgehead atoms. The van der Waals surface area contributed by atoms with Gasteiger partial charge in [-0.15, -0.1) is 0 Å². The first-order chi connectivity index (χ1) is 8.72. The fourth-order valence-corrected chi connectivity index (χ4v) is 2.45. The summed E-state index contributed by atoms with van der Waals surface area (Å²) in [5.41, 5.74) is 0. The van der Waals surface area contributed by atoms with Crippen LogP contribution >= 0.6 is 0 Å². The fourth-order valence-electron chi connectivity index (χ4n) is 1.28. The summed E-state index contributed by atoms with van der Waals surface area (Å²) in [6, 6.07) is 0. The second-order valence-electron chi connectivity index (χ2n) is 3.63. The lowest BCUT2D eigenvalue weighted by atomic mass is 10.4. The molecule has 7 heteroatoms. The molecule has 0 amide bonds. The van der Waals surface area contributed by atoms with Crippen molar-refractivity contribution in [1.82, 2.24) is 0 Å². The highest BCUT2D eigenvalue weighted by Crippen LogP contribution is 2.01. The Labute approximate surface area is 115 Å².